The maximum Gasteiger partial charge on any atom is 0.201 e. The highest BCUT2D eigenvalue weighted by Gasteiger charge is 2.15. The standard InChI is InChI=1S/C14H13NO3/c1-2-7-3-4-9-8(5-7)12-10(15-9)6-11(16)13(17)14(12)18/h3-6,15-18H,2H2,1H3. The molecule has 0 radical (unpaired) electrons. The van der Waals surface area contributed by atoms with E-state index in [9.17, 15) is 15.3 Å². The van der Waals surface area contributed by atoms with Crippen LogP contribution in [0.4, 0.5) is 0 Å². The molecule has 18 heavy (non-hydrogen) atoms. The van der Waals surface area contributed by atoms with E-state index in [1.54, 1.807) is 0 Å². The largest absolute Gasteiger partial charge is 0.504 e. The number of phenols is 3. The number of phenolic OH excluding ortho intramolecular Hbond substituents is 3. The van der Waals surface area contributed by atoms with E-state index in [4.69, 9.17) is 0 Å². The Morgan fingerprint density at radius 2 is 1.78 bits per heavy atom. The Bertz CT molecular complexity index is 759. The highest BCUT2D eigenvalue weighted by Crippen LogP contribution is 2.44. The molecule has 0 spiro atoms. The Hall–Kier alpha value is -2.36. The van der Waals surface area contributed by atoms with Crippen LogP contribution in [-0.4, -0.2) is 20.3 Å². The van der Waals surface area contributed by atoms with E-state index in [-0.39, 0.29) is 11.5 Å². The van der Waals surface area contributed by atoms with E-state index in [0.29, 0.717) is 10.9 Å². The molecular weight excluding hydrogens is 230 g/mol. The molecular formula is C14H13NO3. The molecule has 4 heteroatoms. The number of fused-ring (bicyclic) bond motifs is 3. The number of rotatable bonds is 1. The van der Waals surface area contributed by atoms with Gasteiger partial charge in [0.15, 0.2) is 11.5 Å². The minimum Gasteiger partial charge on any atom is -0.504 e. The smallest absolute Gasteiger partial charge is 0.201 e. The molecule has 0 atom stereocenters. The number of hydrogen-bond donors (Lipinski definition) is 4. The number of aryl methyl sites for hydroxylation is 1. The summed E-state index contributed by atoms with van der Waals surface area (Å²) in [5.74, 6) is -1.10. The maximum absolute atomic E-state index is 9.96. The fourth-order valence-electron chi connectivity index (χ4n) is 2.29. The Morgan fingerprint density at radius 3 is 2.50 bits per heavy atom. The third-order valence-corrected chi connectivity index (χ3v) is 3.29. The van der Waals surface area contributed by atoms with E-state index in [1.165, 1.54) is 6.07 Å². The molecule has 1 aromatic heterocycles. The van der Waals surface area contributed by atoms with Crippen molar-refractivity contribution < 1.29 is 15.3 Å². The zero-order valence-corrected chi connectivity index (χ0v) is 9.86. The van der Waals surface area contributed by atoms with Crippen LogP contribution in [0.15, 0.2) is 24.3 Å². The van der Waals surface area contributed by atoms with Gasteiger partial charge in [0.1, 0.15) is 0 Å². The van der Waals surface area contributed by atoms with Crippen LogP contribution in [0, 0.1) is 0 Å². The molecule has 0 saturated carbocycles. The van der Waals surface area contributed by atoms with E-state index < -0.39 is 5.75 Å². The summed E-state index contributed by atoms with van der Waals surface area (Å²) in [5.41, 5.74) is 2.61. The highest BCUT2D eigenvalue weighted by molar-refractivity contribution is 6.12. The number of aromatic hydroxyl groups is 3. The molecule has 0 saturated heterocycles. The van der Waals surface area contributed by atoms with Gasteiger partial charge in [0.05, 0.1) is 10.9 Å². The lowest BCUT2D eigenvalue weighted by atomic mass is 10.1. The summed E-state index contributed by atoms with van der Waals surface area (Å²) in [7, 11) is 0. The van der Waals surface area contributed by atoms with Gasteiger partial charge in [0.25, 0.3) is 0 Å². The van der Waals surface area contributed by atoms with Crippen LogP contribution >= 0.6 is 0 Å². The lowest BCUT2D eigenvalue weighted by Gasteiger charge is -2.02. The normalized spacial score (nSPS) is 11.4. The Labute approximate surface area is 103 Å². The van der Waals surface area contributed by atoms with Crippen molar-refractivity contribution in [3.8, 4) is 17.2 Å². The average molecular weight is 243 g/mol. The monoisotopic (exact) mass is 243 g/mol. The van der Waals surface area contributed by atoms with Crippen molar-refractivity contribution in [1.29, 1.82) is 0 Å². The zero-order valence-electron chi connectivity index (χ0n) is 9.86. The first-order valence-electron chi connectivity index (χ1n) is 5.80. The predicted octanol–water partition coefficient (Wildman–Crippen LogP) is 3.00. The van der Waals surface area contributed by atoms with Crippen LogP contribution in [0.2, 0.25) is 0 Å². The maximum atomic E-state index is 9.96. The molecule has 0 bridgehead atoms. The first-order valence-corrected chi connectivity index (χ1v) is 5.80. The molecule has 2 aromatic carbocycles. The van der Waals surface area contributed by atoms with Crippen molar-refractivity contribution in [2.75, 3.05) is 0 Å². The molecule has 3 aromatic rings. The minimum absolute atomic E-state index is 0.287. The van der Waals surface area contributed by atoms with Crippen LogP contribution < -0.4 is 0 Å². The van der Waals surface area contributed by atoms with E-state index in [2.05, 4.69) is 11.9 Å². The van der Waals surface area contributed by atoms with Crippen molar-refractivity contribution in [3.63, 3.8) is 0 Å². The first kappa shape index (κ1) is 10.8. The fourth-order valence-corrected chi connectivity index (χ4v) is 2.29. The van der Waals surface area contributed by atoms with E-state index >= 15 is 0 Å². The van der Waals surface area contributed by atoms with E-state index in [1.807, 2.05) is 18.2 Å². The first-order chi connectivity index (χ1) is 8.61. The number of hydrogen-bond acceptors (Lipinski definition) is 3. The van der Waals surface area contributed by atoms with Crippen molar-refractivity contribution in [1.82, 2.24) is 4.98 Å². The molecule has 4 nitrogen and oxygen atoms in total. The lowest BCUT2D eigenvalue weighted by molar-refractivity contribution is 0.371. The van der Waals surface area contributed by atoms with Crippen molar-refractivity contribution in [2.45, 2.75) is 13.3 Å². The molecule has 3 rings (SSSR count). The number of benzene rings is 2. The molecule has 92 valence electrons. The molecule has 0 unspecified atom stereocenters. The molecule has 0 fully saturated rings. The lowest BCUT2D eigenvalue weighted by Crippen LogP contribution is -1.78. The number of aromatic amines is 1. The molecule has 0 amide bonds. The van der Waals surface area contributed by atoms with Gasteiger partial charge in [-0.3, -0.25) is 0 Å². The second-order valence-corrected chi connectivity index (χ2v) is 4.37. The summed E-state index contributed by atoms with van der Waals surface area (Å²) in [5, 5.41) is 30.4. The predicted molar refractivity (Wildman–Crippen MR) is 70.2 cm³/mol. The molecule has 4 N–H and O–H groups in total. The summed E-state index contributed by atoms with van der Waals surface area (Å²) in [6.07, 6.45) is 0.896. The van der Waals surface area contributed by atoms with E-state index in [0.717, 1.165) is 22.9 Å². The molecule has 1 heterocycles. The highest BCUT2D eigenvalue weighted by atomic mass is 16.3. The van der Waals surface area contributed by atoms with Crippen molar-refractivity contribution >= 4 is 21.8 Å². The van der Waals surface area contributed by atoms with Gasteiger partial charge in [-0.15, -0.1) is 0 Å². The summed E-state index contributed by atoms with van der Waals surface area (Å²) in [6, 6.07) is 7.33. The third kappa shape index (κ3) is 1.32. The molecule has 0 aliphatic heterocycles. The van der Waals surface area contributed by atoms with Gasteiger partial charge < -0.3 is 20.3 Å². The second kappa shape index (κ2) is 3.57. The van der Waals surface area contributed by atoms with Gasteiger partial charge in [0, 0.05) is 17.0 Å². The van der Waals surface area contributed by atoms with Gasteiger partial charge in [0.2, 0.25) is 5.75 Å². The van der Waals surface area contributed by atoms with Gasteiger partial charge in [-0.05, 0) is 24.1 Å². The second-order valence-electron chi connectivity index (χ2n) is 4.37. The van der Waals surface area contributed by atoms with Crippen LogP contribution in [0.5, 0.6) is 17.2 Å². The number of nitrogens with one attached hydrogen (secondary N) is 1. The number of aromatic nitrogens is 1. The quantitative estimate of drug-likeness (QED) is 0.496. The summed E-state index contributed by atoms with van der Waals surface area (Å²) in [6.45, 7) is 2.05. The SMILES string of the molecule is CCc1ccc2[nH]c3cc(O)c(O)c(O)c3c2c1. The Balaban J connectivity index is 2.51. The van der Waals surface area contributed by atoms with Crippen molar-refractivity contribution in [3.05, 3.63) is 29.8 Å². The van der Waals surface area contributed by atoms with Crippen molar-refractivity contribution in [2.24, 2.45) is 0 Å². The minimum atomic E-state index is -0.481. The zero-order chi connectivity index (χ0) is 12.9. The molecule has 0 aliphatic rings. The van der Waals surface area contributed by atoms with Crippen LogP contribution in [0.1, 0.15) is 12.5 Å². The average Bonchev–Trinajstić information content (AvgIpc) is 2.72. The fraction of sp³-hybridized carbons (Fsp3) is 0.143. The van der Waals surface area contributed by atoms with Gasteiger partial charge >= 0.3 is 0 Å². The summed E-state index contributed by atoms with van der Waals surface area (Å²) >= 11 is 0. The third-order valence-electron chi connectivity index (χ3n) is 3.29. The molecule has 0 aliphatic carbocycles. The summed E-state index contributed by atoms with van der Waals surface area (Å²) in [4.78, 5) is 3.11. The van der Waals surface area contributed by atoms with Crippen LogP contribution in [0.3, 0.4) is 0 Å². The van der Waals surface area contributed by atoms with Gasteiger partial charge in [-0.25, -0.2) is 0 Å². The van der Waals surface area contributed by atoms with Crippen LogP contribution in [-0.2, 0) is 6.42 Å². The van der Waals surface area contributed by atoms with Gasteiger partial charge in [-0.1, -0.05) is 13.0 Å². The van der Waals surface area contributed by atoms with Gasteiger partial charge in [-0.2, -0.15) is 0 Å². The Kier molecular flexibility index (Phi) is 2.13. The van der Waals surface area contributed by atoms with Crippen LogP contribution in [0.25, 0.3) is 21.8 Å². The topological polar surface area (TPSA) is 76.5 Å². The number of H-pyrrole nitrogens is 1. The summed E-state index contributed by atoms with van der Waals surface area (Å²) < 4.78 is 0. The Morgan fingerprint density at radius 1 is 1.00 bits per heavy atom.